The zero-order valence-electron chi connectivity index (χ0n) is 14.0. The average Bonchev–Trinajstić information content (AvgIpc) is 2.60. The number of ketones is 1. The van der Waals surface area contributed by atoms with E-state index in [0.717, 1.165) is 5.56 Å². The molecule has 26 heavy (non-hydrogen) atoms. The fourth-order valence-corrected chi connectivity index (χ4v) is 2.73. The average molecular weight is 394 g/mol. The number of rotatable bonds is 7. The van der Waals surface area contributed by atoms with Gasteiger partial charge in [0, 0.05) is 5.02 Å². The molecule has 1 atom stereocenters. The number of carbonyl (C=O) groups is 3. The van der Waals surface area contributed by atoms with Crippen molar-refractivity contribution >= 4 is 40.9 Å². The molecule has 0 saturated heterocycles. The van der Waals surface area contributed by atoms with E-state index in [2.05, 4.69) is 5.32 Å². The first-order chi connectivity index (χ1) is 12.4. The van der Waals surface area contributed by atoms with Crippen molar-refractivity contribution in [3.05, 3.63) is 69.7 Å². The van der Waals surface area contributed by atoms with E-state index in [1.165, 1.54) is 25.1 Å². The van der Waals surface area contributed by atoms with Gasteiger partial charge in [0.15, 0.2) is 12.4 Å². The molecule has 0 fully saturated rings. The number of Topliss-reactive ketones (excluding diaryl/α,β-unsaturated/α-hetero) is 1. The van der Waals surface area contributed by atoms with Crippen molar-refractivity contribution in [2.75, 3.05) is 6.61 Å². The van der Waals surface area contributed by atoms with Crippen LogP contribution in [-0.2, 0) is 20.7 Å². The summed E-state index contributed by atoms with van der Waals surface area (Å²) in [5.41, 5.74) is 1.02. The van der Waals surface area contributed by atoms with Crippen molar-refractivity contribution in [3.63, 3.8) is 0 Å². The molecule has 0 aliphatic carbocycles. The van der Waals surface area contributed by atoms with Gasteiger partial charge in [0.25, 0.3) is 5.91 Å². The third kappa shape index (κ3) is 5.86. The fourth-order valence-electron chi connectivity index (χ4n) is 2.25. The van der Waals surface area contributed by atoms with Crippen molar-refractivity contribution < 1.29 is 19.1 Å². The van der Waals surface area contributed by atoms with Crippen LogP contribution in [0.3, 0.4) is 0 Å². The van der Waals surface area contributed by atoms with E-state index in [9.17, 15) is 14.4 Å². The minimum absolute atomic E-state index is 0.108. The first-order valence-electron chi connectivity index (χ1n) is 7.82. The van der Waals surface area contributed by atoms with E-state index >= 15 is 0 Å². The van der Waals surface area contributed by atoms with Gasteiger partial charge in [-0.25, -0.2) is 4.79 Å². The van der Waals surface area contributed by atoms with Crippen LogP contribution in [0.15, 0.2) is 48.5 Å². The second kappa shape index (κ2) is 9.36. The number of hydrogen-bond acceptors (Lipinski definition) is 4. The van der Waals surface area contributed by atoms with Gasteiger partial charge in [-0.1, -0.05) is 53.5 Å². The Morgan fingerprint density at radius 1 is 1.08 bits per heavy atom. The third-order valence-corrected chi connectivity index (χ3v) is 4.14. The van der Waals surface area contributed by atoms with Crippen molar-refractivity contribution in [1.29, 1.82) is 0 Å². The number of ether oxygens (including phenoxy) is 1. The predicted octanol–water partition coefficient (Wildman–Crippen LogP) is 3.47. The molecule has 136 valence electrons. The van der Waals surface area contributed by atoms with E-state index < -0.39 is 24.5 Å². The Kier molecular flexibility index (Phi) is 7.18. The third-order valence-electron chi connectivity index (χ3n) is 3.59. The largest absolute Gasteiger partial charge is 0.452 e. The highest BCUT2D eigenvalue weighted by molar-refractivity contribution is 6.36. The molecule has 0 bridgehead atoms. The molecule has 1 N–H and O–H groups in total. The number of halogens is 2. The van der Waals surface area contributed by atoms with Crippen LogP contribution in [-0.4, -0.2) is 30.3 Å². The zero-order chi connectivity index (χ0) is 19.1. The molecule has 0 unspecified atom stereocenters. The molecule has 0 aliphatic rings. The van der Waals surface area contributed by atoms with Gasteiger partial charge in [0.1, 0.15) is 0 Å². The van der Waals surface area contributed by atoms with E-state index in [-0.39, 0.29) is 16.4 Å². The van der Waals surface area contributed by atoms with Gasteiger partial charge in [-0.15, -0.1) is 0 Å². The first kappa shape index (κ1) is 19.9. The molecule has 2 rings (SSSR count). The number of esters is 1. The second-order valence-electron chi connectivity index (χ2n) is 5.62. The van der Waals surface area contributed by atoms with E-state index in [1.807, 2.05) is 30.3 Å². The normalized spacial score (nSPS) is 11.5. The molecule has 7 heteroatoms. The Morgan fingerprint density at radius 3 is 2.38 bits per heavy atom. The molecule has 1 amide bonds. The lowest BCUT2D eigenvalue weighted by Crippen LogP contribution is -2.43. The number of carbonyl (C=O) groups excluding carboxylic acids is 3. The maximum atomic E-state index is 12.0. The Morgan fingerprint density at radius 2 is 1.77 bits per heavy atom. The molecule has 5 nitrogen and oxygen atoms in total. The number of benzene rings is 2. The van der Waals surface area contributed by atoms with Crippen LogP contribution in [0.2, 0.25) is 10.0 Å². The fraction of sp³-hybridized carbons (Fsp3) is 0.211. The van der Waals surface area contributed by atoms with Gasteiger partial charge in [0.2, 0.25) is 0 Å². The Balaban J connectivity index is 1.91. The number of amides is 1. The zero-order valence-corrected chi connectivity index (χ0v) is 15.5. The standard InChI is InChI=1S/C19H17Cl2NO4/c1-12(23)17(9-13-5-3-2-4-6-13)22-18(24)11-26-19(25)15-8-7-14(20)10-16(15)21/h2-8,10,17H,9,11H2,1H3,(H,22,24)/t17-/m0/s1. The maximum Gasteiger partial charge on any atom is 0.340 e. The predicted molar refractivity (Wildman–Crippen MR) is 99.5 cm³/mol. The van der Waals surface area contributed by atoms with E-state index in [4.69, 9.17) is 27.9 Å². The molecule has 0 radical (unpaired) electrons. The Hall–Kier alpha value is -2.37. The van der Waals surface area contributed by atoms with Crippen LogP contribution in [0.4, 0.5) is 0 Å². The smallest absolute Gasteiger partial charge is 0.340 e. The molecule has 0 aromatic heterocycles. The second-order valence-corrected chi connectivity index (χ2v) is 6.46. The summed E-state index contributed by atoms with van der Waals surface area (Å²) in [5, 5.41) is 3.09. The molecule has 0 aliphatic heterocycles. The van der Waals surface area contributed by atoms with Crippen molar-refractivity contribution in [2.45, 2.75) is 19.4 Å². The van der Waals surface area contributed by atoms with Crippen molar-refractivity contribution in [2.24, 2.45) is 0 Å². The van der Waals surface area contributed by atoms with Gasteiger partial charge in [-0.2, -0.15) is 0 Å². The molecule has 2 aromatic carbocycles. The van der Waals surface area contributed by atoms with Crippen LogP contribution in [0.5, 0.6) is 0 Å². The lowest BCUT2D eigenvalue weighted by molar-refractivity contribution is -0.128. The highest BCUT2D eigenvalue weighted by Gasteiger charge is 2.19. The molecule has 0 heterocycles. The minimum atomic E-state index is -0.746. The Bertz CT molecular complexity index is 808. The van der Waals surface area contributed by atoms with Crippen LogP contribution >= 0.6 is 23.2 Å². The number of nitrogens with one attached hydrogen (secondary N) is 1. The van der Waals surface area contributed by atoms with Gasteiger partial charge in [-0.3, -0.25) is 9.59 Å². The lowest BCUT2D eigenvalue weighted by Gasteiger charge is -2.16. The quantitative estimate of drug-likeness (QED) is 0.730. The van der Waals surface area contributed by atoms with Crippen LogP contribution in [0, 0.1) is 0 Å². The maximum absolute atomic E-state index is 12.0. The van der Waals surface area contributed by atoms with Crippen LogP contribution in [0.1, 0.15) is 22.8 Å². The van der Waals surface area contributed by atoms with Crippen LogP contribution < -0.4 is 5.32 Å². The molecule has 0 saturated carbocycles. The van der Waals surface area contributed by atoms with Gasteiger partial charge in [0.05, 0.1) is 16.6 Å². The lowest BCUT2D eigenvalue weighted by atomic mass is 10.0. The Labute approximate surface area is 161 Å². The topological polar surface area (TPSA) is 72.5 Å². The van der Waals surface area contributed by atoms with Gasteiger partial charge in [-0.05, 0) is 37.1 Å². The first-order valence-corrected chi connectivity index (χ1v) is 8.58. The summed E-state index contributed by atoms with van der Waals surface area (Å²) in [6, 6.07) is 12.9. The summed E-state index contributed by atoms with van der Waals surface area (Å²) >= 11 is 11.7. The highest BCUT2D eigenvalue weighted by atomic mass is 35.5. The minimum Gasteiger partial charge on any atom is -0.452 e. The van der Waals surface area contributed by atoms with E-state index in [1.54, 1.807) is 0 Å². The summed E-state index contributed by atoms with van der Waals surface area (Å²) < 4.78 is 4.95. The van der Waals surface area contributed by atoms with Gasteiger partial charge < -0.3 is 10.1 Å². The van der Waals surface area contributed by atoms with Crippen LogP contribution in [0.25, 0.3) is 0 Å². The summed E-state index contributed by atoms with van der Waals surface area (Å²) in [5.74, 6) is -1.50. The summed E-state index contributed by atoms with van der Waals surface area (Å²) in [6.07, 6.45) is 0.360. The molecular weight excluding hydrogens is 377 g/mol. The molecule has 0 spiro atoms. The molecule has 2 aromatic rings. The highest BCUT2D eigenvalue weighted by Crippen LogP contribution is 2.21. The number of hydrogen-bond donors (Lipinski definition) is 1. The van der Waals surface area contributed by atoms with Gasteiger partial charge >= 0.3 is 5.97 Å². The molecular formula is C19H17Cl2NO4. The SMILES string of the molecule is CC(=O)[C@H](Cc1ccccc1)NC(=O)COC(=O)c1ccc(Cl)cc1Cl. The van der Waals surface area contributed by atoms with E-state index in [0.29, 0.717) is 11.4 Å². The summed E-state index contributed by atoms with van der Waals surface area (Å²) in [7, 11) is 0. The summed E-state index contributed by atoms with van der Waals surface area (Å²) in [6.45, 7) is 0.879. The monoisotopic (exact) mass is 393 g/mol. The van der Waals surface area contributed by atoms with Crippen molar-refractivity contribution in [3.8, 4) is 0 Å². The van der Waals surface area contributed by atoms with Crippen molar-refractivity contribution in [1.82, 2.24) is 5.32 Å². The summed E-state index contributed by atoms with van der Waals surface area (Å²) in [4.78, 5) is 35.8.